The van der Waals surface area contributed by atoms with Crippen molar-refractivity contribution in [2.45, 2.75) is 45.6 Å². The van der Waals surface area contributed by atoms with E-state index in [9.17, 15) is 0 Å². The molecule has 0 radical (unpaired) electrons. The maximum atomic E-state index is 5.54. The first kappa shape index (κ1) is 23.1. The predicted molar refractivity (Wildman–Crippen MR) is 119 cm³/mol. The Morgan fingerprint density at radius 2 is 1.72 bits per heavy atom. The van der Waals surface area contributed by atoms with E-state index >= 15 is 0 Å². The number of likely N-dealkylation sites (tertiary alicyclic amines) is 1. The minimum absolute atomic E-state index is 0.478. The van der Waals surface area contributed by atoms with E-state index in [0.29, 0.717) is 12.6 Å². The Hall–Kier alpha value is -2.15. The summed E-state index contributed by atoms with van der Waals surface area (Å²) in [5.74, 6) is 3.12. The zero-order valence-electron chi connectivity index (χ0n) is 18.7. The smallest absolute Gasteiger partial charge is 0.191 e. The minimum Gasteiger partial charge on any atom is -0.496 e. The van der Waals surface area contributed by atoms with Crippen LogP contribution in [0.3, 0.4) is 0 Å². The number of nitrogens with zero attached hydrogens (tertiary/aromatic N) is 2. The third kappa shape index (κ3) is 6.99. The lowest BCUT2D eigenvalue weighted by Crippen LogP contribution is -2.48. The van der Waals surface area contributed by atoms with Crippen LogP contribution in [-0.2, 0) is 6.42 Å². The quantitative estimate of drug-likeness (QED) is 0.460. The molecule has 7 nitrogen and oxygen atoms in total. The average molecular weight is 407 g/mol. The Kier molecular flexibility index (Phi) is 9.91. The molecule has 1 heterocycles. The molecule has 1 saturated heterocycles. The van der Waals surface area contributed by atoms with Crippen molar-refractivity contribution < 1.29 is 14.2 Å². The summed E-state index contributed by atoms with van der Waals surface area (Å²) in [6.45, 7) is 9.34. The molecule has 1 aliphatic heterocycles. The number of guanidine groups is 1. The van der Waals surface area contributed by atoms with Gasteiger partial charge in [-0.05, 0) is 39.2 Å². The first-order chi connectivity index (χ1) is 14.1. The van der Waals surface area contributed by atoms with Gasteiger partial charge in [-0.15, -0.1) is 0 Å². The Morgan fingerprint density at radius 3 is 2.24 bits per heavy atom. The lowest BCUT2D eigenvalue weighted by atomic mass is 10.1. The van der Waals surface area contributed by atoms with Crippen LogP contribution in [0.4, 0.5) is 0 Å². The van der Waals surface area contributed by atoms with Gasteiger partial charge < -0.3 is 29.7 Å². The van der Waals surface area contributed by atoms with Crippen LogP contribution in [0.2, 0.25) is 0 Å². The lowest BCUT2D eigenvalue weighted by Gasteiger charge is -2.32. The second kappa shape index (κ2) is 12.4. The Bertz CT molecular complexity index is 618. The third-order valence-electron chi connectivity index (χ3n) is 5.26. The highest BCUT2D eigenvalue weighted by Gasteiger charge is 2.19. The number of benzene rings is 1. The van der Waals surface area contributed by atoms with Gasteiger partial charge in [0.05, 0.1) is 21.3 Å². The van der Waals surface area contributed by atoms with Gasteiger partial charge in [-0.3, -0.25) is 4.99 Å². The molecule has 1 aromatic rings. The molecule has 2 N–H and O–H groups in total. The van der Waals surface area contributed by atoms with Crippen LogP contribution in [0.5, 0.6) is 17.2 Å². The molecule has 1 aliphatic rings. The molecule has 0 spiro atoms. The van der Waals surface area contributed by atoms with E-state index in [1.807, 2.05) is 12.1 Å². The summed E-state index contributed by atoms with van der Waals surface area (Å²) < 4.78 is 16.4. The zero-order valence-corrected chi connectivity index (χ0v) is 18.7. The normalized spacial score (nSPS) is 15.8. The number of ether oxygens (including phenoxy) is 3. The lowest BCUT2D eigenvalue weighted by molar-refractivity contribution is 0.206. The van der Waals surface area contributed by atoms with Crippen molar-refractivity contribution in [1.82, 2.24) is 15.5 Å². The highest BCUT2D eigenvalue weighted by molar-refractivity contribution is 5.80. The molecule has 2 rings (SSSR count). The largest absolute Gasteiger partial charge is 0.496 e. The summed E-state index contributed by atoms with van der Waals surface area (Å²) in [5, 5.41) is 6.98. The number of methoxy groups -OCH3 is 3. The summed E-state index contributed by atoms with van der Waals surface area (Å²) in [6, 6.07) is 4.25. The summed E-state index contributed by atoms with van der Waals surface area (Å²) in [4.78, 5) is 7.34. The molecule has 0 amide bonds. The molecule has 0 aliphatic carbocycles. The summed E-state index contributed by atoms with van der Waals surface area (Å²) in [5.41, 5.74) is 1.00. The highest BCUT2D eigenvalue weighted by atomic mass is 16.5. The molecule has 0 atom stereocenters. The first-order valence-electron chi connectivity index (χ1n) is 10.7. The number of hydrogen-bond donors (Lipinski definition) is 2. The van der Waals surface area contributed by atoms with Crippen LogP contribution in [-0.4, -0.2) is 71.0 Å². The molecular formula is C22H38N4O3. The van der Waals surface area contributed by atoms with E-state index in [1.165, 1.54) is 13.0 Å². The van der Waals surface area contributed by atoms with Gasteiger partial charge in [0.2, 0.25) is 0 Å². The fraction of sp³-hybridized carbons (Fsp3) is 0.682. The molecular weight excluding hydrogens is 368 g/mol. The molecule has 0 bridgehead atoms. The summed E-state index contributed by atoms with van der Waals surface area (Å²) in [6.07, 6.45) is 4.26. The van der Waals surface area contributed by atoms with E-state index in [0.717, 1.165) is 67.7 Å². The van der Waals surface area contributed by atoms with Crippen molar-refractivity contribution in [3.8, 4) is 17.2 Å². The van der Waals surface area contributed by atoms with Gasteiger partial charge in [-0.1, -0.05) is 6.92 Å². The summed E-state index contributed by atoms with van der Waals surface area (Å²) in [7, 11) is 4.97. The average Bonchev–Trinajstić information content (AvgIpc) is 2.75. The van der Waals surface area contributed by atoms with Crippen LogP contribution < -0.4 is 24.8 Å². The molecule has 164 valence electrons. The highest BCUT2D eigenvalue weighted by Crippen LogP contribution is 2.34. The maximum Gasteiger partial charge on any atom is 0.191 e. The van der Waals surface area contributed by atoms with Crippen molar-refractivity contribution >= 4 is 5.96 Å². The number of hydrogen-bond acceptors (Lipinski definition) is 5. The second-order valence-electron chi connectivity index (χ2n) is 7.28. The van der Waals surface area contributed by atoms with Gasteiger partial charge in [0.25, 0.3) is 0 Å². The first-order valence-corrected chi connectivity index (χ1v) is 10.7. The van der Waals surface area contributed by atoms with E-state index in [2.05, 4.69) is 29.4 Å². The van der Waals surface area contributed by atoms with Gasteiger partial charge in [-0.25, -0.2) is 0 Å². The van der Waals surface area contributed by atoms with Crippen LogP contribution in [0, 0.1) is 0 Å². The molecule has 1 aromatic carbocycles. The predicted octanol–water partition coefficient (Wildman–Crippen LogP) is 2.68. The van der Waals surface area contributed by atoms with E-state index in [1.54, 1.807) is 21.3 Å². The van der Waals surface area contributed by atoms with Crippen LogP contribution in [0.15, 0.2) is 17.1 Å². The monoisotopic (exact) mass is 406 g/mol. The standard InChI is InChI=1S/C22H38N4O3/c1-6-12-26-13-9-17(10-14-26)25-22(23-7-2)24-11-8-19-20(28-4)15-18(27-3)16-21(19)29-5/h15-17H,6-14H2,1-5H3,(H2,23,24,25). The van der Waals surface area contributed by atoms with Gasteiger partial charge in [0.15, 0.2) is 5.96 Å². The van der Waals surface area contributed by atoms with Crippen molar-refractivity contribution in [3.05, 3.63) is 17.7 Å². The number of piperidine rings is 1. The van der Waals surface area contributed by atoms with Crippen molar-refractivity contribution in [2.75, 3.05) is 54.1 Å². The van der Waals surface area contributed by atoms with E-state index in [-0.39, 0.29) is 0 Å². The van der Waals surface area contributed by atoms with Gasteiger partial charge in [-0.2, -0.15) is 0 Å². The Labute approximate surface area is 175 Å². The van der Waals surface area contributed by atoms with Crippen LogP contribution in [0.1, 0.15) is 38.7 Å². The summed E-state index contributed by atoms with van der Waals surface area (Å²) >= 11 is 0. The Morgan fingerprint density at radius 1 is 1.07 bits per heavy atom. The van der Waals surface area contributed by atoms with Crippen molar-refractivity contribution in [2.24, 2.45) is 4.99 Å². The van der Waals surface area contributed by atoms with Gasteiger partial charge >= 0.3 is 0 Å². The molecule has 0 aromatic heterocycles. The SMILES string of the molecule is CCCN1CCC(NC(=NCCc2c(OC)cc(OC)cc2OC)NCC)CC1. The fourth-order valence-electron chi connectivity index (χ4n) is 3.73. The van der Waals surface area contributed by atoms with Crippen LogP contribution >= 0.6 is 0 Å². The van der Waals surface area contributed by atoms with Crippen molar-refractivity contribution in [1.29, 1.82) is 0 Å². The Balaban J connectivity index is 1.99. The molecule has 0 unspecified atom stereocenters. The number of aliphatic imine (C=N–C) groups is 1. The third-order valence-corrected chi connectivity index (χ3v) is 5.26. The number of nitrogens with one attached hydrogen (secondary N) is 2. The minimum atomic E-state index is 0.478. The second-order valence-corrected chi connectivity index (χ2v) is 7.28. The van der Waals surface area contributed by atoms with Crippen molar-refractivity contribution in [3.63, 3.8) is 0 Å². The van der Waals surface area contributed by atoms with E-state index in [4.69, 9.17) is 19.2 Å². The van der Waals surface area contributed by atoms with E-state index < -0.39 is 0 Å². The molecule has 0 saturated carbocycles. The zero-order chi connectivity index (χ0) is 21.1. The molecule has 7 heteroatoms. The fourth-order valence-corrected chi connectivity index (χ4v) is 3.73. The maximum absolute atomic E-state index is 5.54. The molecule has 29 heavy (non-hydrogen) atoms. The van der Waals surface area contributed by atoms with Gasteiger partial charge in [0, 0.05) is 49.9 Å². The number of rotatable bonds is 10. The topological polar surface area (TPSA) is 67.4 Å². The van der Waals surface area contributed by atoms with Gasteiger partial charge in [0.1, 0.15) is 17.2 Å². The van der Waals surface area contributed by atoms with Crippen LogP contribution in [0.25, 0.3) is 0 Å². The molecule has 1 fully saturated rings.